The van der Waals surface area contributed by atoms with Crippen LogP contribution < -0.4 is 10.5 Å². The summed E-state index contributed by atoms with van der Waals surface area (Å²) < 4.78 is 5.53. The molecule has 0 amide bonds. The number of thiocarbonyl (C=S) groups is 1. The molecule has 1 aromatic rings. The minimum absolute atomic E-state index is 0.511. The first-order valence-electron chi connectivity index (χ1n) is 4.83. The van der Waals surface area contributed by atoms with Gasteiger partial charge in [-0.15, -0.1) is 0 Å². The van der Waals surface area contributed by atoms with E-state index in [-0.39, 0.29) is 0 Å². The highest BCUT2D eigenvalue weighted by atomic mass is 32.1. The van der Waals surface area contributed by atoms with E-state index in [1.54, 1.807) is 0 Å². The molecule has 0 aliphatic heterocycles. The first kappa shape index (κ1) is 11.9. The first-order valence-corrected chi connectivity index (χ1v) is 5.24. The van der Waals surface area contributed by atoms with Gasteiger partial charge < -0.3 is 10.5 Å². The maximum Gasteiger partial charge on any atom is 0.119 e. The molecular formula is C11H16N2OS. The van der Waals surface area contributed by atoms with E-state index in [0.29, 0.717) is 18.1 Å². The van der Waals surface area contributed by atoms with Gasteiger partial charge in [0, 0.05) is 13.1 Å². The molecule has 4 heteroatoms. The summed E-state index contributed by atoms with van der Waals surface area (Å²) in [7, 11) is 1.97. The Morgan fingerprint density at radius 3 is 2.67 bits per heavy atom. The van der Waals surface area contributed by atoms with Crippen LogP contribution >= 0.6 is 12.2 Å². The van der Waals surface area contributed by atoms with Gasteiger partial charge in [-0.25, -0.2) is 0 Å². The largest absolute Gasteiger partial charge is 0.492 e. The molecule has 0 bridgehead atoms. The lowest BCUT2D eigenvalue weighted by Crippen LogP contribution is -2.32. The monoisotopic (exact) mass is 224 g/mol. The molecule has 0 radical (unpaired) electrons. The first-order chi connectivity index (χ1) is 7.18. The van der Waals surface area contributed by atoms with Crippen LogP contribution in [0.25, 0.3) is 0 Å². The van der Waals surface area contributed by atoms with Crippen molar-refractivity contribution in [1.29, 1.82) is 0 Å². The second kappa shape index (κ2) is 6.37. The van der Waals surface area contributed by atoms with E-state index < -0.39 is 0 Å². The number of hydrogen-bond donors (Lipinski definition) is 1. The molecule has 0 aromatic heterocycles. The van der Waals surface area contributed by atoms with E-state index in [4.69, 9.17) is 22.7 Å². The molecule has 0 aliphatic carbocycles. The van der Waals surface area contributed by atoms with Gasteiger partial charge in [-0.3, -0.25) is 4.90 Å². The van der Waals surface area contributed by atoms with E-state index in [2.05, 4.69) is 0 Å². The van der Waals surface area contributed by atoms with Crippen LogP contribution in [0.3, 0.4) is 0 Å². The summed E-state index contributed by atoms with van der Waals surface area (Å²) in [4.78, 5) is 2.54. The Kier molecular flexibility index (Phi) is 5.07. The number of hydrogen-bond acceptors (Lipinski definition) is 3. The van der Waals surface area contributed by atoms with E-state index in [0.717, 1.165) is 12.3 Å². The Hall–Kier alpha value is -1.13. The summed E-state index contributed by atoms with van der Waals surface area (Å²) in [5.74, 6) is 0.890. The van der Waals surface area contributed by atoms with Gasteiger partial charge in [0.2, 0.25) is 0 Å². The Balaban J connectivity index is 2.19. The summed E-state index contributed by atoms with van der Waals surface area (Å²) in [5, 5.41) is 0. The van der Waals surface area contributed by atoms with Gasteiger partial charge in [-0.2, -0.15) is 0 Å². The lowest BCUT2D eigenvalue weighted by molar-refractivity contribution is 0.253. The molecule has 3 nitrogen and oxygen atoms in total. The highest BCUT2D eigenvalue weighted by molar-refractivity contribution is 7.80. The molecule has 0 spiro atoms. The van der Waals surface area contributed by atoms with Crippen molar-refractivity contribution < 1.29 is 4.74 Å². The van der Waals surface area contributed by atoms with E-state index in [9.17, 15) is 0 Å². The molecule has 0 fully saturated rings. The zero-order valence-corrected chi connectivity index (χ0v) is 9.67. The molecule has 0 atom stereocenters. The maximum atomic E-state index is 5.53. The molecule has 0 unspecified atom stereocenters. The summed E-state index contributed by atoms with van der Waals surface area (Å²) in [5.41, 5.74) is 5.43. The van der Waals surface area contributed by atoms with Crippen molar-refractivity contribution in [2.45, 2.75) is 0 Å². The number of rotatable bonds is 6. The minimum Gasteiger partial charge on any atom is -0.492 e. The van der Waals surface area contributed by atoms with Crippen LogP contribution in [0.1, 0.15) is 0 Å². The minimum atomic E-state index is 0.511. The number of para-hydroxylation sites is 1. The van der Waals surface area contributed by atoms with Gasteiger partial charge in [0.15, 0.2) is 0 Å². The fourth-order valence-corrected chi connectivity index (χ4v) is 1.40. The Bertz CT molecular complexity index is 303. The van der Waals surface area contributed by atoms with Gasteiger partial charge in [0.05, 0.1) is 4.99 Å². The van der Waals surface area contributed by atoms with Gasteiger partial charge in [0.1, 0.15) is 12.4 Å². The molecule has 0 saturated carbocycles. The molecule has 2 N–H and O–H groups in total. The van der Waals surface area contributed by atoms with Crippen molar-refractivity contribution in [2.75, 3.05) is 26.7 Å². The van der Waals surface area contributed by atoms with Crippen molar-refractivity contribution in [2.24, 2.45) is 5.73 Å². The highest BCUT2D eigenvalue weighted by Gasteiger charge is 1.99. The van der Waals surface area contributed by atoms with Crippen molar-refractivity contribution >= 4 is 17.2 Å². The van der Waals surface area contributed by atoms with Crippen molar-refractivity contribution in [1.82, 2.24) is 4.90 Å². The third-order valence-electron chi connectivity index (χ3n) is 1.91. The normalized spacial score (nSPS) is 10.3. The second-order valence-corrected chi connectivity index (χ2v) is 3.89. The second-order valence-electron chi connectivity index (χ2n) is 3.37. The third-order valence-corrected chi connectivity index (χ3v) is 2.04. The molecule has 0 heterocycles. The van der Waals surface area contributed by atoms with Crippen molar-refractivity contribution in [3.05, 3.63) is 30.3 Å². The van der Waals surface area contributed by atoms with Gasteiger partial charge in [0.25, 0.3) is 0 Å². The van der Waals surface area contributed by atoms with Crippen LogP contribution in [-0.2, 0) is 0 Å². The van der Waals surface area contributed by atoms with Crippen LogP contribution in [0.15, 0.2) is 30.3 Å². The van der Waals surface area contributed by atoms with Crippen molar-refractivity contribution in [3.8, 4) is 5.75 Å². The summed E-state index contributed by atoms with van der Waals surface area (Å²) in [6.45, 7) is 2.09. The lowest BCUT2D eigenvalue weighted by Gasteiger charge is -2.15. The van der Waals surface area contributed by atoms with E-state index in [1.165, 1.54) is 0 Å². The zero-order valence-electron chi connectivity index (χ0n) is 8.85. The fourth-order valence-electron chi connectivity index (χ4n) is 1.18. The quantitative estimate of drug-likeness (QED) is 0.739. The van der Waals surface area contributed by atoms with E-state index in [1.807, 2.05) is 42.3 Å². The molecule has 15 heavy (non-hydrogen) atoms. The average Bonchev–Trinajstić information content (AvgIpc) is 2.18. The molecular weight excluding hydrogens is 208 g/mol. The van der Waals surface area contributed by atoms with Crippen molar-refractivity contribution in [3.63, 3.8) is 0 Å². The zero-order chi connectivity index (χ0) is 11.1. The summed E-state index contributed by atoms with van der Waals surface area (Å²) in [6.07, 6.45) is 0. The van der Waals surface area contributed by atoms with Crippen LogP contribution in [0, 0.1) is 0 Å². The number of benzene rings is 1. The lowest BCUT2D eigenvalue weighted by atomic mass is 10.3. The predicted octanol–water partition coefficient (Wildman–Crippen LogP) is 1.28. The molecule has 1 aromatic carbocycles. The third kappa shape index (κ3) is 5.34. The van der Waals surface area contributed by atoms with Gasteiger partial charge in [-0.1, -0.05) is 30.4 Å². The highest BCUT2D eigenvalue weighted by Crippen LogP contribution is 2.07. The fraction of sp³-hybridized carbons (Fsp3) is 0.364. The van der Waals surface area contributed by atoms with Crippen LogP contribution in [0.2, 0.25) is 0 Å². The number of likely N-dealkylation sites (N-methyl/N-ethyl adjacent to an activating group) is 1. The maximum absolute atomic E-state index is 5.53. The Morgan fingerprint density at radius 1 is 1.40 bits per heavy atom. The topological polar surface area (TPSA) is 38.5 Å². The average molecular weight is 224 g/mol. The van der Waals surface area contributed by atoms with Crippen LogP contribution in [0.4, 0.5) is 0 Å². The molecule has 82 valence electrons. The van der Waals surface area contributed by atoms with Crippen LogP contribution in [-0.4, -0.2) is 36.6 Å². The van der Waals surface area contributed by atoms with E-state index >= 15 is 0 Å². The van der Waals surface area contributed by atoms with Gasteiger partial charge in [-0.05, 0) is 19.2 Å². The SMILES string of the molecule is CN(CCOc1ccccc1)CC(N)=S. The summed E-state index contributed by atoms with van der Waals surface area (Å²) in [6, 6.07) is 9.75. The van der Waals surface area contributed by atoms with Gasteiger partial charge >= 0.3 is 0 Å². The predicted molar refractivity (Wildman–Crippen MR) is 66.2 cm³/mol. The smallest absolute Gasteiger partial charge is 0.119 e. The number of ether oxygens (including phenoxy) is 1. The molecule has 0 saturated heterocycles. The standard InChI is InChI=1S/C11H16N2OS/c1-13(9-11(12)15)7-8-14-10-5-3-2-4-6-10/h2-6H,7-9H2,1H3,(H2,12,15). The molecule has 0 aliphatic rings. The summed E-state index contributed by atoms with van der Waals surface area (Å²) >= 11 is 4.81. The number of nitrogens with zero attached hydrogens (tertiary/aromatic N) is 1. The number of nitrogens with two attached hydrogens (primary N) is 1. The Morgan fingerprint density at radius 2 is 2.07 bits per heavy atom. The Labute approximate surface area is 95.8 Å². The van der Waals surface area contributed by atoms with Crippen LogP contribution in [0.5, 0.6) is 5.75 Å². The molecule has 1 rings (SSSR count).